The van der Waals surface area contributed by atoms with E-state index in [9.17, 15) is 14.4 Å². The summed E-state index contributed by atoms with van der Waals surface area (Å²) in [6.07, 6.45) is 1.59. The average Bonchev–Trinajstić information content (AvgIpc) is 3.03. The zero-order valence-corrected chi connectivity index (χ0v) is 11.3. The molecule has 2 aromatic rings. The Morgan fingerprint density at radius 3 is 3.00 bits per heavy atom. The molecule has 1 aromatic heterocycles. The number of amides is 2. The van der Waals surface area contributed by atoms with Crippen LogP contribution in [0, 0.1) is 0 Å². The van der Waals surface area contributed by atoms with Gasteiger partial charge in [-0.15, -0.1) is 0 Å². The third-order valence-electron chi connectivity index (χ3n) is 3.51. The Bertz CT molecular complexity index is 746. The molecule has 1 fully saturated rings. The van der Waals surface area contributed by atoms with E-state index in [2.05, 4.69) is 15.6 Å². The second kappa shape index (κ2) is 5.43. The number of rotatable bonds is 4. The lowest BCUT2D eigenvalue weighted by molar-refractivity contribution is -0.125. The number of fused-ring (bicyclic) bond motifs is 1. The molecule has 7 nitrogen and oxygen atoms in total. The molecule has 110 valence electrons. The van der Waals surface area contributed by atoms with E-state index in [1.165, 1.54) is 0 Å². The molecule has 7 heteroatoms. The molecule has 1 aliphatic heterocycles. The van der Waals surface area contributed by atoms with Crippen LogP contribution < -0.4 is 16.4 Å². The normalized spacial score (nSPS) is 17.9. The monoisotopic (exact) mass is 289 g/mol. The second-order valence-corrected chi connectivity index (χ2v) is 5.04. The van der Waals surface area contributed by atoms with Crippen LogP contribution in [0.4, 0.5) is 0 Å². The molecule has 1 aliphatic rings. The van der Waals surface area contributed by atoms with Crippen LogP contribution in [0.3, 0.4) is 0 Å². The Labute approximate surface area is 119 Å². The van der Waals surface area contributed by atoms with Gasteiger partial charge in [-0.25, -0.2) is 4.79 Å². The highest BCUT2D eigenvalue weighted by atomic mass is 16.4. The lowest BCUT2D eigenvalue weighted by Crippen LogP contribution is -2.42. The van der Waals surface area contributed by atoms with Crippen molar-refractivity contribution in [2.24, 2.45) is 0 Å². The van der Waals surface area contributed by atoms with Gasteiger partial charge in [0.25, 0.3) is 0 Å². The van der Waals surface area contributed by atoms with Gasteiger partial charge in [-0.1, -0.05) is 6.07 Å². The van der Waals surface area contributed by atoms with Crippen molar-refractivity contribution < 1.29 is 14.0 Å². The van der Waals surface area contributed by atoms with E-state index in [1.54, 1.807) is 6.07 Å². The fourth-order valence-corrected chi connectivity index (χ4v) is 2.42. The molecule has 0 aliphatic carbocycles. The summed E-state index contributed by atoms with van der Waals surface area (Å²) in [6.45, 7) is 0.471. The number of benzene rings is 1. The Kier molecular flexibility index (Phi) is 3.47. The van der Waals surface area contributed by atoms with E-state index in [0.29, 0.717) is 36.9 Å². The van der Waals surface area contributed by atoms with E-state index < -0.39 is 11.8 Å². The first-order chi connectivity index (χ1) is 10.1. The first-order valence-corrected chi connectivity index (χ1v) is 6.80. The summed E-state index contributed by atoms with van der Waals surface area (Å²) in [5.74, 6) is -0.712. The first-order valence-electron chi connectivity index (χ1n) is 6.80. The Hall–Kier alpha value is -2.57. The van der Waals surface area contributed by atoms with Crippen molar-refractivity contribution in [1.82, 2.24) is 15.6 Å². The second-order valence-electron chi connectivity index (χ2n) is 5.04. The summed E-state index contributed by atoms with van der Waals surface area (Å²) >= 11 is 0. The number of oxazole rings is 1. The molecule has 1 unspecified atom stereocenters. The smallest absolute Gasteiger partial charge is 0.408 e. The third kappa shape index (κ3) is 2.96. The lowest BCUT2D eigenvalue weighted by atomic mass is 10.1. The lowest BCUT2D eigenvalue weighted by Gasteiger charge is -2.10. The SMILES string of the molecule is O=C1CCC(C(=O)NCCc2ccc3oc(=O)[nH]c3c2)N1. The highest BCUT2D eigenvalue weighted by Crippen LogP contribution is 2.12. The molecule has 21 heavy (non-hydrogen) atoms. The van der Waals surface area contributed by atoms with E-state index in [0.717, 1.165) is 5.56 Å². The van der Waals surface area contributed by atoms with Crippen LogP contribution in [-0.4, -0.2) is 29.4 Å². The fourth-order valence-electron chi connectivity index (χ4n) is 2.42. The Morgan fingerprint density at radius 2 is 2.24 bits per heavy atom. The zero-order valence-electron chi connectivity index (χ0n) is 11.3. The molecule has 0 spiro atoms. The number of carbonyl (C=O) groups excluding carboxylic acids is 2. The van der Waals surface area contributed by atoms with Crippen molar-refractivity contribution in [2.45, 2.75) is 25.3 Å². The number of nitrogens with one attached hydrogen (secondary N) is 3. The van der Waals surface area contributed by atoms with Gasteiger partial charge < -0.3 is 15.1 Å². The van der Waals surface area contributed by atoms with E-state index >= 15 is 0 Å². The molecule has 3 rings (SSSR count). The van der Waals surface area contributed by atoms with Crippen LogP contribution in [0.2, 0.25) is 0 Å². The average molecular weight is 289 g/mol. The van der Waals surface area contributed by atoms with E-state index in [1.807, 2.05) is 12.1 Å². The fraction of sp³-hybridized carbons (Fsp3) is 0.357. The molecule has 2 amide bonds. The minimum atomic E-state index is -0.479. The number of hydrogen-bond acceptors (Lipinski definition) is 4. The van der Waals surface area contributed by atoms with Crippen LogP contribution in [0.15, 0.2) is 27.4 Å². The van der Waals surface area contributed by atoms with Crippen molar-refractivity contribution in [3.05, 3.63) is 34.3 Å². The molecule has 0 radical (unpaired) electrons. The minimum Gasteiger partial charge on any atom is -0.408 e. The summed E-state index contributed by atoms with van der Waals surface area (Å²) in [7, 11) is 0. The van der Waals surface area contributed by atoms with Crippen LogP contribution in [0.5, 0.6) is 0 Å². The van der Waals surface area contributed by atoms with Gasteiger partial charge in [0.15, 0.2) is 5.58 Å². The first kappa shape index (κ1) is 13.4. The molecule has 3 N–H and O–H groups in total. The quantitative estimate of drug-likeness (QED) is 0.740. The van der Waals surface area contributed by atoms with Crippen molar-refractivity contribution in [3.8, 4) is 0 Å². The van der Waals surface area contributed by atoms with Gasteiger partial charge in [-0.05, 0) is 30.5 Å². The summed E-state index contributed by atoms with van der Waals surface area (Å²) in [5, 5.41) is 5.42. The van der Waals surface area contributed by atoms with E-state index in [-0.39, 0.29) is 11.8 Å². The van der Waals surface area contributed by atoms with Gasteiger partial charge in [-0.2, -0.15) is 0 Å². The molecule has 0 saturated carbocycles. The largest absolute Gasteiger partial charge is 0.417 e. The van der Waals surface area contributed by atoms with Gasteiger partial charge in [0.2, 0.25) is 11.8 Å². The number of aromatic nitrogens is 1. The van der Waals surface area contributed by atoms with Crippen molar-refractivity contribution >= 4 is 22.9 Å². The van der Waals surface area contributed by atoms with Gasteiger partial charge in [-0.3, -0.25) is 14.6 Å². The molecule has 2 heterocycles. The summed E-state index contributed by atoms with van der Waals surface area (Å²) < 4.78 is 4.92. The highest BCUT2D eigenvalue weighted by Gasteiger charge is 2.26. The van der Waals surface area contributed by atoms with Gasteiger partial charge in [0.1, 0.15) is 6.04 Å². The Balaban J connectivity index is 1.55. The van der Waals surface area contributed by atoms with Crippen molar-refractivity contribution in [2.75, 3.05) is 6.54 Å². The maximum absolute atomic E-state index is 11.8. The number of hydrogen-bond donors (Lipinski definition) is 3. The third-order valence-corrected chi connectivity index (χ3v) is 3.51. The number of H-pyrrole nitrogens is 1. The predicted molar refractivity (Wildman–Crippen MR) is 74.7 cm³/mol. The van der Waals surface area contributed by atoms with Crippen molar-refractivity contribution in [1.29, 1.82) is 0 Å². The van der Waals surface area contributed by atoms with Gasteiger partial charge in [0.05, 0.1) is 5.52 Å². The number of carbonyl (C=O) groups is 2. The van der Waals surface area contributed by atoms with Crippen LogP contribution in [0.1, 0.15) is 18.4 Å². The highest BCUT2D eigenvalue weighted by molar-refractivity contribution is 5.90. The zero-order chi connectivity index (χ0) is 14.8. The molecular weight excluding hydrogens is 274 g/mol. The number of aromatic amines is 1. The molecule has 0 bridgehead atoms. The van der Waals surface area contributed by atoms with Crippen LogP contribution >= 0.6 is 0 Å². The molecule has 1 saturated heterocycles. The standard InChI is InChI=1S/C14H15N3O4/c18-12-4-2-9(16-12)13(19)15-6-5-8-1-3-11-10(7-8)17-14(20)21-11/h1,3,7,9H,2,4-6H2,(H,15,19)(H,16,18)(H,17,20). The minimum absolute atomic E-state index is 0.0792. The van der Waals surface area contributed by atoms with Gasteiger partial charge in [0, 0.05) is 13.0 Å². The van der Waals surface area contributed by atoms with Crippen LogP contribution in [0.25, 0.3) is 11.1 Å². The van der Waals surface area contributed by atoms with E-state index in [4.69, 9.17) is 4.42 Å². The molecule has 1 atom stereocenters. The maximum Gasteiger partial charge on any atom is 0.417 e. The topological polar surface area (TPSA) is 104 Å². The predicted octanol–water partition coefficient (Wildman–Crippen LogP) is 0.0584. The Morgan fingerprint density at radius 1 is 1.38 bits per heavy atom. The summed E-state index contributed by atoms with van der Waals surface area (Å²) in [4.78, 5) is 36.5. The summed E-state index contributed by atoms with van der Waals surface area (Å²) in [6, 6.07) is 4.98. The molecule has 1 aromatic carbocycles. The van der Waals surface area contributed by atoms with Crippen LogP contribution in [-0.2, 0) is 16.0 Å². The molecular formula is C14H15N3O4. The maximum atomic E-state index is 11.8. The summed E-state index contributed by atoms with van der Waals surface area (Å²) in [5.41, 5.74) is 2.14. The van der Waals surface area contributed by atoms with Gasteiger partial charge >= 0.3 is 5.76 Å². The van der Waals surface area contributed by atoms with Crippen molar-refractivity contribution in [3.63, 3.8) is 0 Å².